The maximum absolute atomic E-state index is 13.8. The van der Waals surface area contributed by atoms with E-state index in [0.717, 1.165) is 46.0 Å². The molecule has 9 heteroatoms. The van der Waals surface area contributed by atoms with Crippen LogP contribution in [0.4, 0.5) is 3.89 Å². The van der Waals surface area contributed by atoms with E-state index in [1.54, 1.807) is 24.3 Å². The van der Waals surface area contributed by atoms with Crippen molar-refractivity contribution in [2.45, 2.75) is 32.2 Å². The number of aromatic amines is 1. The van der Waals surface area contributed by atoms with E-state index >= 15 is 0 Å². The molecule has 0 spiro atoms. The Balaban J connectivity index is 1.68. The fourth-order valence-electron chi connectivity index (χ4n) is 5.04. The molecule has 1 aliphatic rings. The van der Waals surface area contributed by atoms with Crippen molar-refractivity contribution >= 4 is 43.3 Å². The first kappa shape index (κ1) is 22.3. The number of hydrogen-bond acceptors (Lipinski definition) is 5. The van der Waals surface area contributed by atoms with Gasteiger partial charge in [0.15, 0.2) is 5.43 Å². The lowest BCUT2D eigenvalue weighted by Gasteiger charge is -2.16. The highest BCUT2D eigenvalue weighted by molar-refractivity contribution is 7.81. The van der Waals surface area contributed by atoms with Gasteiger partial charge in [-0.2, -0.15) is 13.7 Å². The molecule has 0 radical (unpaired) electrons. The first-order chi connectivity index (χ1) is 17.3. The largest absolute Gasteiger partial charge is 0.488 e. The van der Waals surface area contributed by atoms with Gasteiger partial charge in [-0.25, -0.2) is 0 Å². The van der Waals surface area contributed by atoms with E-state index < -0.39 is 10.5 Å². The molecule has 0 aliphatic heterocycles. The maximum Gasteiger partial charge on any atom is 0.488 e. The van der Waals surface area contributed by atoms with Crippen molar-refractivity contribution in [1.29, 1.82) is 5.26 Å². The summed E-state index contributed by atoms with van der Waals surface area (Å²) in [6.45, 7) is 1.98. The number of rotatable bonds is 5. The SMILES string of the molecule is CCc1cc2c(=O)c3c4ccc(C#N)cc4[nH]c3n(C3CC3)c2cc1-c1cccc(OS(=O)(=O)F)c1. The molecule has 2 aromatic heterocycles. The summed E-state index contributed by atoms with van der Waals surface area (Å²) in [7, 11) is -5.15. The van der Waals surface area contributed by atoms with Gasteiger partial charge in [-0.3, -0.25) is 4.79 Å². The van der Waals surface area contributed by atoms with Gasteiger partial charge in [0.2, 0.25) is 0 Å². The van der Waals surface area contributed by atoms with Gasteiger partial charge in [0, 0.05) is 22.3 Å². The molecule has 1 aliphatic carbocycles. The van der Waals surface area contributed by atoms with Crippen LogP contribution in [0.25, 0.3) is 44.0 Å². The molecule has 0 unspecified atom stereocenters. The molecule has 6 rings (SSSR count). The summed E-state index contributed by atoms with van der Waals surface area (Å²) in [6, 6.07) is 17.7. The van der Waals surface area contributed by atoms with E-state index in [-0.39, 0.29) is 17.2 Å². The molecule has 3 aromatic carbocycles. The van der Waals surface area contributed by atoms with E-state index in [1.165, 1.54) is 12.1 Å². The van der Waals surface area contributed by atoms with E-state index in [0.29, 0.717) is 28.3 Å². The first-order valence-corrected chi connectivity index (χ1v) is 12.9. The molecule has 0 atom stereocenters. The van der Waals surface area contributed by atoms with Crippen molar-refractivity contribution in [1.82, 2.24) is 9.55 Å². The number of nitriles is 1. The number of hydrogen-bond donors (Lipinski definition) is 1. The van der Waals surface area contributed by atoms with Crippen LogP contribution in [0.15, 0.2) is 59.4 Å². The minimum atomic E-state index is -5.15. The molecule has 1 saturated carbocycles. The zero-order chi connectivity index (χ0) is 25.2. The van der Waals surface area contributed by atoms with Crippen molar-refractivity contribution in [3.05, 3.63) is 75.9 Å². The summed E-state index contributed by atoms with van der Waals surface area (Å²) in [4.78, 5) is 17.2. The summed E-state index contributed by atoms with van der Waals surface area (Å²) in [5.74, 6) is -0.129. The Labute approximate surface area is 205 Å². The van der Waals surface area contributed by atoms with Crippen molar-refractivity contribution in [2.75, 3.05) is 0 Å². The van der Waals surface area contributed by atoms with Crippen LogP contribution in [0.2, 0.25) is 0 Å². The number of fused-ring (bicyclic) bond motifs is 4. The Morgan fingerprint density at radius 3 is 2.64 bits per heavy atom. The third kappa shape index (κ3) is 3.62. The second kappa shape index (κ2) is 7.93. The summed E-state index contributed by atoms with van der Waals surface area (Å²) in [6.07, 6.45) is 2.58. The average molecular weight is 502 g/mol. The van der Waals surface area contributed by atoms with Crippen molar-refractivity contribution in [3.63, 3.8) is 0 Å². The smallest absolute Gasteiger partial charge is 0.358 e. The van der Waals surface area contributed by atoms with Gasteiger partial charge in [0.25, 0.3) is 0 Å². The molecule has 0 bridgehead atoms. The number of aryl methyl sites for hydroxylation is 1. The Hall–Kier alpha value is -4.16. The van der Waals surface area contributed by atoms with Crippen LogP contribution >= 0.6 is 0 Å². The zero-order valence-electron chi connectivity index (χ0n) is 19.2. The lowest BCUT2D eigenvalue weighted by Crippen LogP contribution is -2.11. The summed E-state index contributed by atoms with van der Waals surface area (Å²) in [5.41, 5.74) is 5.00. The number of halogens is 1. The van der Waals surface area contributed by atoms with Crippen molar-refractivity contribution in [3.8, 4) is 22.9 Å². The highest BCUT2D eigenvalue weighted by atomic mass is 32.3. The van der Waals surface area contributed by atoms with Crippen LogP contribution in [0, 0.1) is 11.3 Å². The predicted octanol–water partition coefficient (Wildman–Crippen LogP) is 5.67. The minimum absolute atomic E-state index is 0.0882. The van der Waals surface area contributed by atoms with Crippen LogP contribution in [0.1, 0.15) is 36.9 Å². The molecule has 36 heavy (non-hydrogen) atoms. The molecule has 2 heterocycles. The van der Waals surface area contributed by atoms with Gasteiger partial charge in [-0.1, -0.05) is 29.0 Å². The lowest BCUT2D eigenvalue weighted by molar-refractivity contribution is 0.440. The third-order valence-corrected chi connectivity index (χ3v) is 7.13. The number of benzene rings is 3. The van der Waals surface area contributed by atoms with Crippen LogP contribution in [-0.2, 0) is 16.9 Å². The predicted molar refractivity (Wildman–Crippen MR) is 136 cm³/mol. The molecular formula is C27H20FN3O4S. The Bertz CT molecular complexity index is 1930. The number of pyridine rings is 1. The van der Waals surface area contributed by atoms with Crippen LogP contribution in [0.5, 0.6) is 5.75 Å². The number of H-pyrrole nitrogens is 1. The minimum Gasteiger partial charge on any atom is -0.358 e. The molecular weight excluding hydrogens is 481 g/mol. The van der Waals surface area contributed by atoms with Crippen LogP contribution in [0.3, 0.4) is 0 Å². The fourth-order valence-corrected chi connectivity index (χ4v) is 5.37. The van der Waals surface area contributed by atoms with Gasteiger partial charge in [-0.05, 0) is 72.4 Å². The molecule has 5 aromatic rings. The number of nitrogens with zero attached hydrogens (tertiary/aromatic N) is 2. The highest BCUT2D eigenvalue weighted by Gasteiger charge is 2.29. The van der Waals surface area contributed by atoms with E-state index in [1.807, 2.05) is 25.1 Å². The van der Waals surface area contributed by atoms with Crippen LogP contribution < -0.4 is 9.61 Å². The summed E-state index contributed by atoms with van der Waals surface area (Å²) >= 11 is 0. The van der Waals surface area contributed by atoms with Gasteiger partial charge in [0.1, 0.15) is 11.4 Å². The van der Waals surface area contributed by atoms with E-state index in [4.69, 9.17) is 0 Å². The number of nitrogens with one attached hydrogen (secondary N) is 1. The average Bonchev–Trinajstić information content (AvgIpc) is 3.61. The molecule has 1 N–H and O–H groups in total. The normalized spacial score (nSPS) is 13.9. The topological polar surface area (TPSA) is 105 Å². The van der Waals surface area contributed by atoms with Crippen LogP contribution in [-0.4, -0.2) is 18.0 Å². The zero-order valence-corrected chi connectivity index (χ0v) is 20.0. The van der Waals surface area contributed by atoms with Gasteiger partial charge < -0.3 is 13.7 Å². The molecule has 0 saturated heterocycles. The number of aromatic nitrogens is 2. The summed E-state index contributed by atoms with van der Waals surface area (Å²) < 4.78 is 41.7. The van der Waals surface area contributed by atoms with Crippen molar-refractivity contribution < 1.29 is 16.5 Å². The van der Waals surface area contributed by atoms with Gasteiger partial charge in [0.05, 0.1) is 22.5 Å². The van der Waals surface area contributed by atoms with E-state index in [2.05, 4.69) is 19.8 Å². The first-order valence-electron chi connectivity index (χ1n) is 11.6. The maximum atomic E-state index is 13.8. The highest BCUT2D eigenvalue weighted by Crippen LogP contribution is 2.42. The van der Waals surface area contributed by atoms with Crippen molar-refractivity contribution in [2.24, 2.45) is 0 Å². The third-order valence-electron chi connectivity index (χ3n) is 6.74. The molecule has 1 fully saturated rings. The lowest BCUT2D eigenvalue weighted by atomic mass is 9.95. The Morgan fingerprint density at radius 1 is 1.14 bits per heavy atom. The second-order valence-electron chi connectivity index (χ2n) is 9.04. The van der Waals surface area contributed by atoms with Gasteiger partial charge in [-0.15, -0.1) is 0 Å². The molecule has 7 nitrogen and oxygen atoms in total. The molecule has 0 amide bonds. The fraction of sp³-hybridized carbons (Fsp3) is 0.185. The summed E-state index contributed by atoms with van der Waals surface area (Å²) in [5, 5.41) is 11.3. The Kier molecular flexibility index (Phi) is 4.92. The monoisotopic (exact) mass is 501 g/mol. The molecule has 180 valence electrons. The standard InChI is InChI=1S/C27H20FN3O4S/c1-2-16-12-22-24(13-21(16)17-4-3-5-19(11-17)35-36(28,33)34)31(18-7-8-18)27-25(26(22)32)20-9-6-15(14-29)10-23(20)30-27/h3-6,9-13,18,30H,2,7-8H2,1H3. The second-order valence-corrected chi connectivity index (χ2v) is 9.99. The van der Waals surface area contributed by atoms with Gasteiger partial charge >= 0.3 is 10.5 Å². The quantitative estimate of drug-likeness (QED) is 0.313. The van der Waals surface area contributed by atoms with E-state index in [9.17, 15) is 22.4 Å². The Morgan fingerprint density at radius 2 is 1.94 bits per heavy atom.